The van der Waals surface area contributed by atoms with Crippen LogP contribution in [0.4, 0.5) is 0 Å². The molecule has 0 spiro atoms. The molecule has 0 saturated carbocycles. The molecule has 0 atom stereocenters. The van der Waals surface area contributed by atoms with Gasteiger partial charge in [-0.15, -0.1) is 0 Å². The van der Waals surface area contributed by atoms with Crippen LogP contribution in [0.1, 0.15) is 6.92 Å². The number of carboxylic acids is 1. The third-order valence-electron chi connectivity index (χ3n) is 0.1000. The van der Waals surface area contributed by atoms with E-state index in [4.69, 9.17) is 30.3 Å². The van der Waals surface area contributed by atoms with Gasteiger partial charge in [-0.3, -0.25) is 4.79 Å². The Balaban J connectivity index is -0.000000101. The first kappa shape index (κ1) is 17.5. The molecule has 0 fully saturated rings. The second-order valence-corrected chi connectivity index (χ2v) is 2.17. The van der Waals surface area contributed by atoms with Gasteiger partial charge >= 0.3 is 27.4 Å². The second kappa shape index (κ2) is 16.8. The standard InChI is InChI=1S/C2H4O2.C2H6O2.Mo.3O/c1-2(3)4;3-1-2-4;;;;/h1H3,(H,3,4);3-4H,1-2H2;;;;. The van der Waals surface area contributed by atoms with Gasteiger partial charge in [-0.2, -0.15) is 0 Å². The summed E-state index contributed by atoms with van der Waals surface area (Å²) in [5, 5.41) is 22.7. The molecule has 0 heterocycles. The molecule has 0 bridgehead atoms. The van der Waals surface area contributed by atoms with Crippen LogP contribution in [0.3, 0.4) is 0 Å². The maximum absolute atomic E-state index is 9.00. The van der Waals surface area contributed by atoms with E-state index in [-0.39, 0.29) is 13.2 Å². The topological polar surface area (TPSA) is 129 Å². The Labute approximate surface area is 74.1 Å². The average Bonchev–Trinajstić information content (AvgIpc) is 1.85. The molecule has 0 amide bonds. The molecule has 0 aliphatic rings. The molecule has 0 aromatic carbocycles. The molecule has 3 N–H and O–H groups in total. The predicted octanol–water partition coefficient (Wildman–Crippen LogP) is -1.30. The number of aliphatic hydroxyl groups is 2. The van der Waals surface area contributed by atoms with Crippen molar-refractivity contribution < 1.29 is 47.5 Å². The summed E-state index contributed by atoms with van der Waals surface area (Å²) in [6, 6.07) is 0. The first-order valence-corrected chi connectivity index (χ1v) is 5.02. The van der Waals surface area contributed by atoms with Gasteiger partial charge in [-0.1, -0.05) is 0 Å². The first-order valence-electron chi connectivity index (χ1n) is 2.56. The van der Waals surface area contributed by atoms with Crippen molar-refractivity contribution >= 4 is 5.97 Å². The molecule has 0 unspecified atom stereocenters. The van der Waals surface area contributed by atoms with Crippen molar-refractivity contribution in [2.75, 3.05) is 13.2 Å². The number of aliphatic carboxylic acids is 1. The van der Waals surface area contributed by atoms with Gasteiger partial charge in [0, 0.05) is 6.92 Å². The third-order valence-corrected chi connectivity index (χ3v) is 0.1000. The zero-order valence-electron chi connectivity index (χ0n) is 6.30. The van der Waals surface area contributed by atoms with Crippen LogP contribution in [0.2, 0.25) is 0 Å². The Morgan fingerprint density at radius 2 is 1.25 bits per heavy atom. The predicted molar refractivity (Wildman–Crippen MR) is 29.5 cm³/mol. The van der Waals surface area contributed by atoms with E-state index < -0.39 is 23.2 Å². The van der Waals surface area contributed by atoms with Gasteiger partial charge in [0.2, 0.25) is 0 Å². The Hall–Kier alpha value is -0.522. The van der Waals surface area contributed by atoms with Crippen molar-refractivity contribution in [3.05, 3.63) is 0 Å². The van der Waals surface area contributed by atoms with E-state index in [9.17, 15) is 0 Å². The molecule has 0 aliphatic carbocycles. The van der Waals surface area contributed by atoms with Crippen LogP contribution >= 0.6 is 0 Å². The number of carbonyl (C=O) groups is 1. The van der Waals surface area contributed by atoms with Gasteiger partial charge < -0.3 is 15.3 Å². The quantitative estimate of drug-likeness (QED) is 0.503. The van der Waals surface area contributed by atoms with Crippen molar-refractivity contribution in [3.8, 4) is 0 Å². The number of hydrogen-bond acceptors (Lipinski definition) is 6. The minimum absolute atomic E-state index is 0.125. The molecule has 8 heteroatoms. The Kier molecular flexibility index (Phi) is 24.6. The van der Waals surface area contributed by atoms with E-state index in [1.54, 1.807) is 0 Å². The molecule has 0 rings (SSSR count). The number of hydrogen-bond donors (Lipinski definition) is 3. The Morgan fingerprint density at radius 3 is 1.25 bits per heavy atom. The summed E-state index contributed by atoms with van der Waals surface area (Å²) in [6.45, 7) is 0.833. The fourth-order valence-electron chi connectivity index (χ4n) is 0. The monoisotopic (exact) mass is 268 g/mol. The molecule has 0 saturated heterocycles. The molecular formula is C4H10MoO7. The van der Waals surface area contributed by atoms with Gasteiger partial charge in [0.15, 0.2) is 0 Å². The van der Waals surface area contributed by atoms with Gasteiger partial charge in [0.1, 0.15) is 0 Å². The van der Waals surface area contributed by atoms with Crippen LogP contribution in [-0.4, -0.2) is 34.5 Å². The van der Waals surface area contributed by atoms with Crippen molar-refractivity contribution in [2.24, 2.45) is 0 Å². The molecule has 0 radical (unpaired) electrons. The average molecular weight is 266 g/mol. The Morgan fingerprint density at radius 1 is 1.17 bits per heavy atom. The summed E-state index contributed by atoms with van der Waals surface area (Å²) in [5.74, 6) is -0.833. The third kappa shape index (κ3) is 2980. The van der Waals surface area contributed by atoms with Crippen molar-refractivity contribution in [1.29, 1.82) is 0 Å². The van der Waals surface area contributed by atoms with Crippen molar-refractivity contribution in [2.45, 2.75) is 6.92 Å². The Bertz CT molecular complexity index is 166. The van der Waals surface area contributed by atoms with E-state index in [2.05, 4.69) is 0 Å². The molecule has 74 valence electrons. The summed E-state index contributed by atoms with van der Waals surface area (Å²) >= 11 is -4.11. The zero-order valence-corrected chi connectivity index (χ0v) is 8.30. The first-order chi connectivity index (χ1) is 5.38. The summed E-state index contributed by atoms with van der Waals surface area (Å²) in [4.78, 5) is 9.00. The van der Waals surface area contributed by atoms with Gasteiger partial charge in [0.25, 0.3) is 5.97 Å². The fraction of sp³-hybridized carbons (Fsp3) is 0.750. The van der Waals surface area contributed by atoms with E-state index >= 15 is 0 Å². The van der Waals surface area contributed by atoms with Crippen LogP contribution < -0.4 is 0 Å². The van der Waals surface area contributed by atoms with E-state index in [0.29, 0.717) is 0 Å². The van der Waals surface area contributed by atoms with E-state index in [1.165, 1.54) is 0 Å². The number of rotatable bonds is 1. The van der Waals surface area contributed by atoms with Gasteiger partial charge in [-0.25, -0.2) is 0 Å². The molecule has 12 heavy (non-hydrogen) atoms. The summed E-state index contributed by atoms with van der Waals surface area (Å²) in [5.41, 5.74) is 0. The summed E-state index contributed by atoms with van der Waals surface area (Å²) in [7, 11) is 0. The van der Waals surface area contributed by atoms with Crippen LogP contribution in [0.25, 0.3) is 0 Å². The fourth-order valence-corrected chi connectivity index (χ4v) is 0. The summed E-state index contributed by atoms with van der Waals surface area (Å²) < 4.78 is 25.8. The normalized spacial score (nSPS) is 6.58. The van der Waals surface area contributed by atoms with E-state index in [0.717, 1.165) is 6.92 Å². The van der Waals surface area contributed by atoms with E-state index in [1.807, 2.05) is 0 Å². The number of aliphatic hydroxyl groups excluding tert-OH is 2. The van der Waals surface area contributed by atoms with Gasteiger partial charge in [-0.05, 0) is 0 Å². The van der Waals surface area contributed by atoms with Crippen LogP contribution in [0, 0.1) is 0 Å². The maximum atomic E-state index is 9.00. The molecule has 7 nitrogen and oxygen atoms in total. The zero-order chi connectivity index (χ0) is 10.6. The minimum atomic E-state index is -4.11. The van der Waals surface area contributed by atoms with Crippen molar-refractivity contribution in [3.63, 3.8) is 0 Å². The van der Waals surface area contributed by atoms with Crippen molar-refractivity contribution in [1.82, 2.24) is 0 Å². The SMILES string of the molecule is CC(=O)O.OCCO.[O]=[Mo](=[O])=[O]. The van der Waals surface area contributed by atoms with Crippen LogP contribution in [0.15, 0.2) is 0 Å². The van der Waals surface area contributed by atoms with Gasteiger partial charge in [0.05, 0.1) is 13.2 Å². The molecule has 0 aliphatic heterocycles. The van der Waals surface area contributed by atoms with Crippen LogP contribution in [-0.2, 0) is 32.2 Å². The molecule has 0 aromatic heterocycles. The molecular weight excluding hydrogens is 256 g/mol. The summed E-state index contributed by atoms with van der Waals surface area (Å²) in [6.07, 6.45) is 0. The van der Waals surface area contributed by atoms with Crippen LogP contribution in [0.5, 0.6) is 0 Å². The molecule has 0 aromatic rings. The number of carboxylic acid groups (broad SMARTS) is 1. The second-order valence-electron chi connectivity index (χ2n) is 1.17.